The number of aliphatic hydroxyl groups is 1. The molecule has 0 aromatic carbocycles. The molecule has 0 aromatic heterocycles. The van der Waals surface area contributed by atoms with Crippen LogP contribution in [0.1, 0.15) is 38.5 Å². The van der Waals surface area contributed by atoms with Crippen LogP contribution in [0.15, 0.2) is 0 Å². The molecule has 2 rings (SSSR count). The van der Waals surface area contributed by atoms with Crippen LogP contribution in [-0.2, 0) is 4.74 Å². The number of piperidine rings is 1. The highest BCUT2D eigenvalue weighted by Crippen LogP contribution is 2.35. The topological polar surface area (TPSA) is 32.7 Å². The van der Waals surface area contributed by atoms with Crippen LogP contribution in [0, 0.1) is 5.41 Å². The zero-order valence-corrected chi connectivity index (χ0v) is 12.2. The molecule has 0 bridgehead atoms. The number of thiol groups is 1. The maximum atomic E-state index is 9.20. The highest BCUT2D eigenvalue weighted by atomic mass is 32.1. The molecule has 0 aromatic rings. The molecular formula is C14H27NO2S. The molecule has 1 N–H and O–H groups in total. The molecule has 3 nitrogen and oxygen atoms in total. The van der Waals surface area contributed by atoms with Gasteiger partial charge in [-0.05, 0) is 49.8 Å². The van der Waals surface area contributed by atoms with E-state index in [0.717, 1.165) is 44.8 Å². The van der Waals surface area contributed by atoms with Gasteiger partial charge in [-0.3, -0.25) is 4.90 Å². The third kappa shape index (κ3) is 3.62. The predicted octanol–water partition coefficient (Wildman–Crippen LogP) is 1.95. The van der Waals surface area contributed by atoms with Crippen LogP contribution in [0.25, 0.3) is 0 Å². The van der Waals surface area contributed by atoms with Crippen LogP contribution in [0.5, 0.6) is 0 Å². The Morgan fingerprint density at radius 1 is 1.28 bits per heavy atom. The SMILES string of the molecule is OCCC1CCCCN1CC1(CS)CCOCC1. The van der Waals surface area contributed by atoms with Crippen molar-refractivity contribution in [1.29, 1.82) is 0 Å². The third-order valence-corrected chi connectivity index (χ3v) is 5.31. The van der Waals surface area contributed by atoms with E-state index in [9.17, 15) is 5.11 Å². The quantitative estimate of drug-likeness (QED) is 0.751. The molecule has 1 unspecified atom stereocenters. The Morgan fingerprint density at radius 3 is 2.72 bits per heavy atom. The molecule has 1 atom stereocenters. The first-order valence-corrected chi connectivity index (χ1v) is 7.96. The highest BCUT2D eigenvalue weighted by molar-refractivity contribution is 7.80. The summed E-state index contributed by atoms with van der Waals surface area (Å²) in [5.74, 6) is 0.957. The number of rotatable bonds is 5. The number of hydrogen-bond acceptors (Lipinski definition) is 4. The summed E-state index contributed by atoms with van der Waals surface area (Å²) < 4.78 is 5.50. The fourth-order valence-electron chi connectivity index (χ4n) is 3.35. The molecule has 0 amide bonds. The van der Waals surface area contributed by atoms with Gasteiger partial charge in [0.05, 0.1) is 0 Å². The summed E-state index contributed by atoms with van der Waals surface area (Å²) in [5.41, 5.74) is 0.340. The maximum absolute atomic E-state index is 9.20. The monoisotopic (exact) mass is 273 g/mol. The lowest BCUT2D eigenvalue weighted by atomic mass is 9.80. The van der Waals surface area contributed by atoms with Gasteiger partial charge in [-0.25, -0.2) is 0 Å². The van der Waals surface area contributed by atoms with Crippen molar-refractivity contribution < 1.29 is 9.84 Å². The number of hydrogen-bond donors (Lipinski definition) is 2. The van der Waals surface area contributed by atoms with E-state index in [2.05, 4.69) is 17.5 Å². The van der Waals surface area contributed by atoms with Crippen molar-refractivity contribution in [3.05, 3.63) is 0 Å². The van der Waals surface area contributed by atoms with E-state index in [0.29, 0.717) is 18.1 Å². The molecule has 18 heavy (non-hydrogen) atoms. The first kappa shape index (κ1) is 14.6. The van der Waals surface area contributed by atoms with Crippen molar-refractivity contribution in [2.45, 2.75) is 44.6 Å². The maximum Gasteiger partial charge on any atom is 0.0472 e. The van der Waals surface area contributed by atoms with Gasteiger partial charge < -0.3 is 9.84 Å². The molecule has 2 saturated heterocycles. The Bertz CT molecular complexity index is 242. The molecule has 4 heteroatoms. The minimum Gasteiger partial charge on any atom is -0.396 e. The second-order valence-electron chi connectivity index (χ2n) is 5.90. The zero-order valence-electron chi connectivity index (χ0n) is 11.3. The summed E-state index contributed by atoms with van der Waals surface area (Å²) in [4.78, 5) is 2.61. The van der Waals surface area contributed by atoms with Gasteiger partial charge in [-0.1, -0.05) is 6.42 Å². The van der Waals surface area contributed by atoms with Crippen molar-refractivity contribution in [3.63, 3.8) is 0 Å². The molecule has 2 aliphatic rings. The molecule has 0 saturated carbocycles. The van der Waals surface area contributed by atoms with Crippen molar-refractivity contribution in [3.8, 4) is 0 Å². The average molecular weight is 273 g/mol. The summed E-state index contributed by atoms with van der Waals surface area (Å²) >= 11 is 4.60. The van der Waals surface area contributed by atoms with E-state index in [-0.39, 0.29) is 0 Å². The van der Waals surface area contributed by atoms with E-state index in [1.54, 1.807) is 0 Å². The summed E-state index contributed by atoms with van der Waals surface area (Å²) in [7, 11) is 0. The van der Waals surface area contributed by atoms with Gasteiger partial charge in [-0.2, -0.15) is 12.6 Å². The third-order valence-electron chi connectivity index (χ3n) is 4.64. The molecule has 0 spiro atoms. The van der Waals surface area contributed by atoms with E-state index in [1.165, 1.54) is 25.8 Å². The number of ether oxygens (including phenoxy) is 1. The smallest absolute Gasteiger partial charge is 0.0472 e. The Labute approximate surface area is 116 Å². The molecule has 2 fully saturated rings. The van der Waals surface area contributed by atoms with Crippen LogP contribution in [0.4, 0.5) is 0 Å². The molecule has 0 aliphatic carbocycles. The number of likely N-dealkylation sites (tertiary alicyclic amines) is 1. The summed E-state index contributed by atoms with van der Waals surface area (Å²) in [6.07, 6.45) is 7.08. The van der Waals surface area contributed by atoms with E-state index in [4.69, 9.17) is 4.74 Å². The lowest BCUT2D eigenvalue weighted by molar-refractivity contribution is -0.00857. The number of nitrogens with zero attached hydrogens (tertiary/aromatic N) is 1. The van der Waals surface area contributed by atoms with Crippen molar-refractivity contribution in [2.75, 3.05) is 38.7 Å². The number of aliphatic hydroxyl groups excluding tert-OH is 1. The Morgan fingerprint density at radius 2 is 2.06 bits per heavy atom. The van der Waals surface area contributed by atoms with Gasteiger partial charge in [0, 0.05) is 32.4 Å². The van der Waals surface area contributed by atoms with Gasteiger partial charge in [0.1, 0.15) is 0 Å². The van der Waals surface area contributed by atoms with Gasteiger partial charge in [0.2, 0.25) is 0 Å². The van der Waals surface area contributed by atoms with Crippen LogP contribution in [0.2, 0.25) is 0 Å². The molecule has 106 valence electrons. The van der Waals surface area contributed by atoms with E-state index >= 15 is 0 Å². The fraction of sp³-hybridized carbons (Fsp3) is 1.00. The van der Waals surface area contributed by atoms with Crippen LogP contribution in [0.3, 0.4) is 0 Å². The molecular weight excluding hydrogens is 246 g/mol. The van der Waals surface area contributed by atoms with Crippen molar-refractivity contribution >= 4 is 12.6 Å². The lowest BCUT2D eigenvalue weighted by Gasteiger charge is -2.44. The van der Waals surface area contributed by atoms with Crippen molar-refractivity contribution in [2.24, 2.45) is 5.41 Å². The van der Waals surface area contributed by atoms with Crippen LogP contribution < -0.4 is 0 Å². The second-order valence-corrected chi connectivity index (χ2v) is 6.22. The predicted molar refractivity (Wildman–Crippen MR) is 77.3 cm³/mol. The zero-order chi connectivity index (χ0) is 12.8. The summed E-state index contributed by atoms with van der Waals surface area (Å²) in [6, 6.07) is 0.586. The summed E-state index contributed by atoms with van der Waals surface area (Å²) in [6.45, 7) is 4.43. The first-order valence-electron chi connectivity index (χ1n) is 7.33. The van der Waals surface area contributed by atoms with Gasteiger partial charge in [0.15, 0.2) is 0 Å². The minimum absolute atomic E-state index is 0.318. The Kier molecular flexibility index (Phi) is 5.80. The summed E-state index contributed by atoms with van der Waals surface area (Å²) in [5, 5.41) is 9.20. The van der Waals surface area contributed by atoms with Gasteiger partial charge in [-0.15, -0.1) is 0 Å². The lowest BCUT2D eigenvalue weighted by Crippen LogP contribution is -2.49. The fourth-order valence-corrected chi connectivity index (χ4v) is 3.76. The molecule has 2 heterocycles. The van der Waals surface area contributed by atoms with E-state index in [1.807, 2.05) is 0 Å². The first-order chi connectivity index (χ1) is 8.79. The van der Waals surface area contributed by atoms with Crippen molar-refractivity contribution in [1.82, 2.24) is 4.90 Å². The van der Waals surface area contributed by atoms with Crippen LogP contribution in [-0.4, -0.2) is 54.7 Å². The van der Waals surface area contributed by atoms with E-state index < -0.39 is 0 Å². The molecule has 2 aliphatic heterocycles. The normalized spacial score (nSPS) is 29.3. The molecule has 0 radical (unpaired) electrons. The van der Waals surface area contributed by atoms with Crippen LogP contribution >= 0.6 is 12.6 Å². The minimum atomic E-state index is 0.318. The Balaban J connectivity index is 1.95. The second kappa shape index (κ2) is 7.13. The largest absolute Gasteiger partial charge is 0.396 e. The van der Waals surface area contributed by atoms with Gasteiger partial charge >= 0.3 is 0 Å². The average Bonchev–Trinajstić information content (AvgIpc) is 2.42. The Hall–Kier alpha value is 0.230. The standard InChI is InChI=1S/C14H27NO2S/c16-8-4-13-3-1-2-7-15(13)11-14(12-18)5-9-17-10-6-14/h13,16,18H,1-12H2. The van der Waals surface area contributed by atoms with Gasteiger partial charge in [0.25, 0.3) is 0 Å². The highest BCUT2D eigenvalue weighted by Gasteiger charge is 2.35.